The van der Waals surface area contributed by atoms with Gasteiger partial charge in [0.1, 0.15) is 11.3 Å². The van der Waals surface area contributed by atoms with Gasteiger partial charge in [0.2, 0.25) is 10.0 Å². The molecule has 3 rings (SSSR count). The fourth-order valence-corrected chi connectivity index (χ4v) is 4.31. The van der Waals surface area contributed by atoms with E-state index in [-0.39, 0.29) is 11.4 Å². The molecule has 0 atom stereocenters. The van der Waals surface area contributed by atoms with Crippen LogP contribution in [0.15, 0.2) is 58.1 Å². The molecule has 1 saturated carbocycles. The SMILES string of the molecule is N#CC1(NC(=O)COC(=O)C=Cc2ccc(S(=O)(=O)NCc3ccco3)cc2)CCCC1. The number of nitrogens with one attached hydrogen (secondary N) is 2. The van der Waals surface area contributed by atoms with Crippen molar-refractivity contribution in [2.24, 2.45) is 0 Å². The molecule has 32 heavy (non-hydrogen) atoms. The normalized spacial score (nSPS) is 15.3. The van der Waals surface area contributed by atoms with E-state index in [9.17, 15) is 23.3 Å². The van der Waals surface area contributed by atoms with Gasteiger partial charge in [-0.3, -0.25) is 4.79 Å². The highest BCUT2D eigenvalue weighted by atomic mass is 32.2. The van der Waals surface area contributed by atoms with Gasteiger partial charge in [-0.1, -0.05) is 12.1 Å². The Kier molecular flexibility index (Phi) is 7.45. The van der Waals surface area contributed by atoms with Gasteiger partial charge in [-0.2, -0.15) is 5.26 Å². The molecule has 1 aliphatic carbocycles. The number of nitrogens with zero attached hydrogens (tertiary/aromatic N) is 1. The molecule has 1 amide bonds. The van der Waals surface area contributed by atoms with Crippen LogP contribution in [0.5, 0.6) is 0 Å². The molecule has 1 aliphatic rings. The van der Waals surface area contributed by atoms with Crippen LogP contribution in [0, 0.1) is 11.3 Å². The minimum absolute atomic E-state index is 0.0336. The third-order valence-electron chi connectivity index (χ3n) is 5.01. The van der Waals surface area contributed by atoms with Crippen LogP contribution in [0.1, 0.15) is 37.0 Å². The largest absolute Gasteiger partial charge is 0.468 e. The third kappa shape index (κ3) is 6.29. The molecule has 2 N–H and O–H groups in total. The van der Waals surface area contributed by atoms with Crippen molar-refractivity contribution in [2.75, 3.05) is 6.61 Å². The molecule has 0 aliphatic heterocycles. The van der Waals surface area contributed by atoms with Crippen molar-refractivity contribution >= 4 is 28.0 Å². The third-order valence-corrected chi connectivity index (χ3v) is 6.43. The number of hydrogen-bond donors (Lipinski definition) is 2. The number of nitriles is 1. The molecule has 168 valence electrons. The van der Waals surface area contributed by atoms with Crippen molar-refractivity contribution in [3.8, 4) is 6.07 Å². The highest BCUT2D eigenvalue weighted by Crippen LogP contribution is 2.28. The number of hydrogen-bond acceptors (Lipinski definition) is 7. The van der Waals surface area contributed by atoms with Gasteiger partial charge in [0.25, 0.3) is 5.91 Å². The Bertz CT molecular complexity index is 1110. The topological polar surface area (TPSA) is 138 Å². The number of carbonyl (C=O) groups excluding carboxylic acids is 2. The van der Waals surface area contributed by atoms with Crippen molar-refractivity contribution in [3.05, 3.63) is 60.1 Å². The maximum Gasteiger partial charge on any atom is 0.331 e. The predicted octanol–water partition coefficient (Wildman–Crippen LogP) is 2.27. The predicted molar refractivity (Wildman–Crippen MR) is 114 cm³/mol. The molecule has 0 radical (unpaired) electrons. The van der Waals surface area contributed by atoms with E-state index < -0.39 is 34.0 Å². The van der Waals surface area contributed by atoms with Crippen molar-refractivity contribution in [1.82, 2.24) is 10.0 Å². The van der Waals surface area contributed by atoms with Crippen LogP contribution in [0.3, 0.4) is 0 Å². The maximum atomic E-state index is 12.3. The number of benzene rings is 1. The van der Waals surface area contributed by atoms with Crippen LogP contribution in [-0.2, 0) is 30.9 Å². The lowest BCUT2D eigenvalue weighted by atomic mass is 10.00. The Morgan fingerprint density at radius 2 is 1.91 bits per heavy atom. The summed E-state index contributed by atoms with van der Waals surface area (Å²) in [5, 5.41) is 11.9. The lowest BCUT2D eigenvalue weighted by molar-refractivity contribution is -0.144. The van der Waals surface area contributed by atoms with E-state index in [1.165, 1.54) is 36.6 Å². The van der Waals surface area contributed by atoms with Crippen LogP contribution in [0.25, 0.3) is 6.08 Å². The molecule has 10 heteroatoms. The van der Waals surface area contributed by atoms with Crippen LogP contribution in [0.4, 0.5) is 0 Å². The summed E-state index contributed by atoms with van der Waals surface area (Å²) in [5.74, 6) is -0.757. The van der Waals surface area contributed by atoms with Crippen molar-refractivity contribution < 1.29 is 27.2 Å². The molecule has 1 aromatic heterocycles. The number of carbonyl (C=O) groups is 2. The number of rotatable bonds is 9. The second-order valence-corrected chi connectivity index (χ2v) is 9.13. The fourth-order valence-electron chi connectivity index (χ4n) is 3.32. The molecular formula is C22H23N3O6S. The second kappa shape index (κ2) is 10.3. The van der Waals surface area contributed by atoms with E-state index in [1.807, 2.05) is 0 Å². The van der Waals surface area contributed by atoms with Crippen molar-refractivity contribution in [3.63, 3.8) is 0 Å². The Balaban J connectivity index is 1.48. The zero-order valence-corrected chi connectivity index (χ0v) is 18.1. The zero-order chi connectivity index (χ0) is 23.0. The Hall–Kier alpha value is -3.42. The minimum atomic E-state index is -3.71. The van der Waals surface area contributed by atoms with Crippen LogP contribution < -0.4 is 10.0 Å². The summed E-state index contributed by atoms with van der Waals surface area (Å²) in [4.78, 5) is 23.9. The summed E-state index contributed by atoms with van der Waals surface area (Å²) < 4.78 is 37.1. The van der Waals surface area contributed by atoms with E-state index in [0.29, 0.717) is 24.2 Å². The number of sulfonamides is 1. The highest BCUT2D eigenvalue weighted by Gasteiger charge is 2.35. The number of amides is 1. The number of furan rings is 1. The first kappa shape index (κ1) is 23.2. The Morgan fingerprint density at radius 3 is 2.53 bits per heavy atom. The molecule has 0 unspecified atom stereocenters. The minimum Gasteiger partial charge on any atom is -0.468 e. The molecule has 1 fully saturated rings. The van der Waals surface area contributed by atoms with E-state index in [1.54, 1.807) is 12.1 Å². The number of ether oxygens (including phenoxy) is 1. The van der Waals surface area contributed by atoms with Crippen molar-refractivity contribution in [1.29, 1.82) is 5.26 Å². The van der Waals surface area contributed by atoms with Gasteiger partial charge in [-0.05, 0) is 61.6 Å². The molecule has 0 bridgehead atoms. The van der Waals surface area contributed by atoms with E-state index in [2.05, 4.69) is 16.1 Å². The summed E-state index contributed by atoms with van der Waals surface area (Å²) in [6.45, 7) is -0.447. The van der Waals surface area contributed by atoms with Gasteiger partial charge in [0, 0.05) is 6.08 Å². The van der Waals surface area contributed by atoms with E-state index in [0.717, 1.165) is 18.9 Å². The fraction of sp³-hybridized carbons (Fsp3) is 0.318. The molecule has 1 heterocycles. The van der Waals surface area contributed by atoms with Gasteiger partial charge in [-0.25, -0.2) is 17.9 Å². The molecule has 0 saturated heterocycles. The van der Waals surface area contributed by atoms with Crippen molar-refractivity contribution in [2.45, 2.75) is 42.7 Å². The average Bonchev–Trinajstić information content (AvgIpc) is 3.48. The van der Waals surface area contributed by atoms with E-state index in [4.69, 9.17) is 9.15 Å². The van der Waals surface area contributed by atoms with Gasteiger partial charge >= 0.3 is 5.97 Å². The summed E-state index contributed by atoms with van der Waals surface area (Å²) in [7, 11) is -3.71. The van der Waals surface area contributed by atoms with Gasteiger partial charge < -0.3 is 14.5 Å². The zero-order valence-electron chi connectivity index (χ0n) is 17.2. The first-order chi connectivity index (χ1) is 15.3. The average molecular weight is 458 g/mol. The highest BCUT2D eigenvalue weighted by molar-refractivity contribution is 7.89. The Morgan fingerprint density at radius 1 is 1.19 bits per heavy atom. The van der Waals surface area contributed by atoms with Gasteiger partial charge in [0.05, 0.1) is 23.8 Å². The molecule has 1 aromatic carbocycles. The molecule has 9 nitrogen and oxygen atoms in total. The van der Waals surface area contributed by atoms with Gasteiger partial charge in [-0.15, -0.1) is 0 Å². The number of esters is 1. The lowest BCUT2D eigenvalue weighted by Gasteiger charge is -2.21. The van der Waals surface area contributed by atoms with Crippen LogP contribution >= 0.6 is 0 Å². The summed E-state index contributed by atoms with van der Waals surface area (Å²) >= 11 is 0. The molecular weight excluding hydrogens is 434 g/mol. The molecule has 0 spiro atoms. The summed E-state index contributed by atoms with van der Waals surface area (Å²) in [6, 6.07) is 11.4. The maximum absolute atomic E-state index is 12.3. The first-order valence-corrected chi connectivity index (χ1v) is 11.5. The smallest absolute Gasteiger partial charge is 0.331 e. The van der Waals surface area contributed by atoms with E-state index >= 15 is 0 Å². The lowest BCUT2D eigenvalue weighted by Crippen LogP contribution is -2.46. The van der Waals surface area contributed by atoms with Gasteiger partial charge in [0.15, 0.2) is 6.61 Å². The summed E-state index contributed by atoms with van der Waals surface area (Å²) in [6.07, 6.45) is 6.97. The second-order valence-electron chi connectivity index (χ2n) is 7.36. The first-order valence-electron chi connectivity index (χ1n) is 10.0. The summed E-state index contributed by atoms with van der Waals surface area (Å²) in [5.41, 5.74) is -0.292. The monoisotopic (exact) mass is 457 g/mol. The van der Waals surface area contributed by atoms with Crippen LogP contribution in [-0.4, -0.2) is 32.4 Å². The molecule has 2 aromatic rings. The van der Waals surface area contributed by atoms with Crippen LogP contribution in [0.2, 0.25) is 0 Å². The Labute approximate surface area is 186 Å². The quantitative estimate of drug-likeness (QED) is 0.435. The standard InChI is InChI=1S/C22H23N3O6S/c23-16-22(11-1-2-12-22)25-20(26)15-31-21(27)10-7-17-5-8-19(9-6-17)32(28,29)24-14-18-4-3-13-30-18/h3-10,13,24H,1-2,11-12,14-15H2,(H,25,26).